The second-order valence-corrected chi connectivity index (χ2v) is 8.03. The van der Waals surface area contributed by atoms with Gasteiger partial charge in [-0.3, -0.25) is 0 Å². The molecule has 3 rings (SSSR count). The maximum atomic E-state index is 13.0. The molecule has 0 spiro atoms. The lowest BCUT2D eigenvalue weighted by atomic mass is 10.1. The van der Waals surface area contributed by atoms with Crippen LogP contribution in [0.2, 0.25) is 0 Å². The number of aryl methyl sites for hydroxylation is 1. The molecule has 1 fully saturated rings. The minimum Gasteiger partial charge on any atom is -0.382 e. The van der Waals surface area contributed by atoms with Crippen molar-refractivity contribution in [2.75, 3.05) is 18.4 Å². The van der Waals surface area contributed by atoms with E-state index in [2.05, 4.69) is 18.3 Å². The first kappa shape index (κ1) is 16.9. The lowest BCUT2D eigenvalue weighted by Gasteiger charge is -2.32. The van der Waals surface area contributed by atoms with E-state index in [9.17, 15) is 12.8 Å². The minimum absolute atomic E-state index is 0.147. The van der Waals surface area contributed by atoms with Gasteiger partial charge in [-0.05, 0) is 55.7 Å². The average molecular weight is 348 g/mol. The van der Waals surface area contributed by atoms with Crippen LogP contribution in [0.3, 0.4) is 0 Å². The number of piperidine rings is 1. The Bertz CT molecular complexity index is 798. The SMILES string of the molecule is Cc1ccccc1NC1CCN(S(=O)(=O)c2ccc(F)cc2)CC1. The fourth-order valence-electron chi connectivity index (χ4n) is 2.95. The van der Waals surface area contributed by atoms with E-state index in [0.717, 1.165) is 18.5 Å². The molecule has 128 valence electrons. The van der Waals surface area contributed by atoms with Crippen molar-refractivity contribution < 1.29 is 12.8 Å². The smallest absolute Gasteiger partial charge is 0.243 e. The molecule has 4 nitrogen and oxygen atoms in total. The van der Waals surface area contributed by atoms with Crippen LogP contribution < -0.4 is 5.32 Å². The maximum Gasteiger partial charge on any atom is 0.243 e. The number of hydrogen-bond acceptors (Lipinski definition) is 3. The van der Waals surface area contributed by atoms with Crippen molar-refractivity contribution in [3.05, 3.63) is 59.9 Å². The number of nitrogens with zero attached hydrogens (tertiary/aromatic N) is 1. The number of anilines is 1. The Morgan fingerprint density at radius 3 is 2.29 bits per heavy atom. The molecule has 0 saturated carbocycles. The molecule has 1 heterocycles. The summed E-state index contributed by atoms with van der Waals surface area (Å²) in [5.74, 6) is -0.435. The highest BCUT2D eigenvalue weighted by atomic mass is 32.2. The fourth-order valence-corrected chi connectivity index (χ4v) is 4.42. The molecular formula is C18H21FN2O2S. The Morgan fingerprint density at radius 1 is 1.04 bits per heavy atom. The second-order valence-electron chi connectivity index (χ2n) is 6.09. The monoisotopic (exact) mass is 348 g/mol. The topological polar surface area (TPSA) is 49.4 Å². The second kappa shape index (κ2) is 6.91. The molecule has 0 unspecified atom stereocenters. The molecular weight excluding hydrogens is 327 g/mol. The van der Waals surface area contributed by atoms with Crippen LogP contribution in [0.15, 0.2) is 53.4 Å². The van der Waals surface area contributed by atoms with Gasteiger partial charge in [0.15, 0.2) is 0 Å². The highest BCUT2D eigenvalue weighted by Gasteiger charge is 2.29. The normalized spacial score (nSPS) is 16.9. The Hall–Kier alpha value is -1.92. The van der Waals surface area contributed by atoms with Crippen molar-refractivity contribution >= 4 is 15.7 Å². The van der Waals surface area contributed by atoms with Gasteiger partial charge >= 0.3 is 0 Å². The Labute approximate surface area is 142 Å². The first-order valence-electron chi connectivity index (χ1n) is 8.05. The lowest BCUT2D eigenvalue weighted by Crippen LogP contribution is -2.42. The standard InChI is InChI=1S/C18H21FN2O2S/c1-14-4-2-3-5-18(14)20-16-10-12-21(13-11-16)24(22,23)17-8-6-15(19)7-9-17/h2-9,16,20H,10-13H2,1H3. The highest BCUT2D eigenvalue weighted by Crippen LogP contribution is 2.24. The van der Waals surface area contributed by atoms with Crippen LogP contribution in [0, 0.1) is 12.7 Å². The molecule has 1 N–H and O–H groups in total. The van der Waals surface area contributed by atoms with Crippen LogP contribution in [-0.4, -0.2) is 31.9 Å². The number of sulfonamides is 1. The summed E-state index contributed by atoms with van der Waals surface area (Å²) in [4.78, 5) is 0.147. The zero-order valence-electron chi connectivity index (χ0n) is 13.6. The molecule has 0 aliphatic carbocycles. The van der Waals surface area contributed by atoms with Crippen LogP contribution >= 0.6 is 0 Å². The molecule has 24 heavy (non-hydrogen) atoms. The van der Waals surface area contributed by atoms with Crippen LogP contribution in [-0.2, 0) is 10.0 Å². The molecule has 2 aromatic carbocycles. The zero-order valence-corrected chi connectivity index (χ0v) is 14.4. The molecule has 1 aliphatic heterocycles. The van der Waals surface area contributed by atoms with Gasteiger partial charge < -0.3 is 5.32 Å². The first-order valence-corrected chi connectivity index (χ1v) is 9.49. The van der Waals surface area contributed by atoms with Gasteiger partial charge in [0.1, 0.15) is 5.82 Å². The molecule has 0 bridgehead atoms. The summed E-state index contributed by atoms with van der Waals surface area (Å²) in [6.07, 6.45) is 1.49. The van der Waals surface area contributed by atoms with Crippen LogP contribution in [0.1, 0.15) is 18.4 Å². The van der Waals surface area contributed by atoms with Crippen LogP contribution in [0.25, 0.3) is 0 Å². The number of para-hydroxylation sites is 1. The molecule has 0 amide bonds. The Morgan fingerprint density at radius 2 is 1.67 bits per heavy atom. The third-order valence-electron chi connectivity index (χ3n) is 4.41. The number of halogens is 1. The van der Waals surface area contributed by atoms with Gasteiger partial charge in [0, 0.05) is 24.8 Å². The van der Waals surface area contributed by atoms with Crippen LogP contribution in [0.5, 0.6) is 0 Å². The zero-order chi connectivity index (χ0) is 17.2. The first-order chi connectivity index (χ1) is 11.5. The number of nitrogens with one attached hydrogen (secondary N) is 1. The predicted octanol–water partition coefficient (Wildman–Crippen LogP) is 3.40. The molecule has 1 saturated heterocycles. The van der Waals surface area contributed by atoms with E-state index in [4.69, 9.17) is 0 Å². The summed E-state index contributed by atoms with van der Waals surface area (Å²) in [6.45, 7) is 2.98. The average Bonchev–Trinajstić information content (AvgIpc) is 2.58. The van der Waals surface area contributed by atoms with E-state index in [0.29, 0.717) is 13.1 Å². The van der Waals surface area contributed by atoms with E-state index in [1.54, 1.807) is 0 Å². The number of benzene rings is 2. The molecule has 6 heteroatoms. The third-order valence-corrected chi connectivity index (χ3v) is 6.32. The third kappa shape index (κ3) is 3.60. The van der Waals surface area contributed by atoms with E-state index >= 15 is 0 Å². The lowest BCUT2D eigenvalue weighted by molar-refractivity contribution is 0.329. The molecule has 0 radical (unpaired) electrons. The summed E-state index contributed by atoms with van der Waals surface area (Å²) in [6, 6.07) is 13.3. The Kier molecular flexibility index (Phi) is 4.87. The van der Waals surface area contributed by atoms with E-state index < -0.39 is 15.8 Å². The quantitative estimate of drug-likeness (QED) is 0.921. The summed E-state index contributed by atoms with van der Waals surface area (Å²) in [5, 5.41) is 3.50. The number of hydrogen-bond donors (Lipinski definition) is 1. The van der Waals surface area contributed by atoms with Crippen molar-refractivity contribution in [1.82, 2.24) is 4.31 Å². The van der Waals surface area contributed by atoms with Crippen molar-refractivity contribution in [3.8, 4) is 0 Å². The van der Waals surface area contributed by atoms with E-state index in [1.807, 2.05) is 18.2 Å². The summed E-state index contributed by atoms with van der Waals surface area (Å²) in [7, 11) is -3.54. The van der Waals surface area contributed by atoms with E-state index in [-0.39, 0.29) is 10.9 Å². The van der Waals surface area contributed by atoms with E-state index in [1.165, 1.54) is 34.1 Å². The van der Waals surface area contributed by atoms with Gasteiger partial charge in [-0.1, -0.05) is 18.2 Å². The van der Waals surface area contributed by atoms with Gasteiger partial charge in [-0.25, -0.2) is 12.8 Å². The van der Waals surface area contributed by atoms with Crippen molar-refractivity contribution in [3.63, 3.8) is 0 Å². The van der Waals surface area contributed by atoms with Crippen LogP contribution in [0.4, 0.5) is 10.1 Å². The van der Waals surface area contributed by atoms with Gasteiger partial charge in [0.25, 0.3) is 0 Å². The summed E-state index contributed by atoms with van der Waals surface area (Å²) >= 11 is 0. The van der Waals surface area contributed by atoms with Gasteiger partial charge in [0.05, 0.1) is 4.90 Å². The molecule has 2 aromatic rings. The Balaban J connectivity index is 1.64. The maximum absolute atomic E-state index is 13.0. The van der Waals surface area contributed by atoms with Gasteiger partial charge in [-0.2, -0.15) is 4.31 Å². The predicted molar refractivity (Wildman–Crippen MR) is 93.0 cm³/mol. The largest absolute Gasteiger partial charge is 0.382 e. The minimum atomic E-state index is -3.54. The summed E-state index contributed by atoms with van der Waals surface area (Å²) in [5.41, 5.74) is 2.27. The summed E-state index contributed by atoms with van der Waals surface area (Å²) < 4.78 is 39.7. The highest BCUT2D eigenvalue weighted by molar-refractivity contribution is 7.89. The fraction of sp³-hybridized carbons (Fsp3) is 0.333. The molecule has 0 aromatic heterocycles. The van der Waals surface area contributed by atoms with Crippen molar-refractivity contribution in [1.29, 1.82) is 0 Å². The molecule has 0 atom stereocenters. The van der Waals surface area contributed by atoms with Gasteiger partial charge in [-0.15, -0.1) is 0 Å². The van der Waals surface area contributed by atoms with Gasteiger partial charge in [0.2, 0.25) is 10.0 Å². The number of rotatable bonds is 4. The van der Waals surface area contributed by atoms with Crippen molar-refractivity contribution in [2.24, 2.45) is 0 Å². The van der Waals surface area contributed by atoms with Crippen molar-refractivity contribution in [2.45, 2.75) is 30.7 Å². The molecule has 1 aliphatic rings.